The van der Waals surface area contributed by atoms with Gasteiger partial charge in [-0.1, -0.05) is 241 Å². The first-order valence-corrected chi connectivity index (χ1v) is 34.3. The second kappa shape index (κ2) is 62.0. The number of rotatable bonds is 61. The molecule has 0 aliphatic heterocycles. The van der Waals surface area contributed by atoms with Crippen LogP contribution in [-0.2, 0) is 42.2 Å². The van der Waals surface area contributed by atoms with Gasteiger partial charge in [-0.15, -0.1) is 0 Å². The Kier molecular flexibility index (Phi) is 59.6. The summed E-state index contributed by atoms with van der Waals surface area (Å²) in [7, 11) is -4.76. The number of ether oxygens (including phenoxy) is 3. The van der Waals surface area contributed by atoms with E-state index < -0.39 is 57.8 Å². The first kappa shape index (κ1) is 76.9. The monoisotopic (exact) mass is 1140 g/mol. The predicted molar refractivity (Wildman–Crippen MR) is 335 cm³/mol. The third kappa shape index (κ3) is 59.5. The van der Waals surface area contributed by atoms with Gasteiger partial charge in [0.05, 0.1) is 19.8 Å². The average Bonchev–Trinajstić information content (AvgIpc) is 3.45. The molecular formula is C68H121O11P. The van der Waals surface area contributed by atoms with Crippen LogP contribution in [0.25, 0.3) is 0 Å². The van der Waals surface area contributed by atoms with E-state index >= 15 is 0 Å². The van der Waals surface area contributed by atoms with Gasteiger partial charge in [-0.25, -0.2) is 4.57 Å². The van der Waals surface area contributed by atoms with Gasteiger partial charge in [0.25, 0.3) is 0 Å². The van der Waals surface area contributed by atoms with Crippen molar-refractivity contribution in [1.82, 2.24) is 0 Å². The maximum absolute atomic E-state index is 13.0. The molecule has 0 aromatic heterocycles. The van der Waals surface area contributed by atoms with Crippen molar-refractivity contribution in [3.63, 3.8) is 0 Å². The Morgan fingerprint density at radius 1 is 0.350 bits per heavy atom. The molecule has 0 rings (SSSR count). The summed E-state index contributed by atoms with van der Waals surface area (Å²) in [5.41, 5.74) is 0. The van der Waals surface area contributed by atoms with Gasteiger partial charge in [0.1, 0.15) is 12.7 Å². The van der Waals surface area contributed by atoms with Crippen LogP contribution in [0.2, 0.25) is 0 Å². The van der Waals surface area contributed by atoms with Gasteiger partial charge in [-0.3, -0.25) is 23.4 Å². The van der Waals surface area contributed by atoms with Crippen molar-refractivity contribution < 1.29 is 52.2 Å². The van der Waals surface area contributed by atoms with Crippen molar-refractivity contribution in [3.05, 3.63) is 72.9 Å². The van der Waals surface area contributed by atoms with E-state index in [0.29, 0.717) is 19.3 Å². The normalized spacial score (nSPS) is 13.7. The molecule has 0 saturated carbocycles. The summed E-state index contributed by atoms with van der Waals surface area (Å²) in [6, 6.07) is 0. The van der Waals surface area contributed by atoms with Gasteiger partial charge < -0.3 is 24.2 Å². The number of esters is 3. The lowest BCUT2D eigenvalue weighted by molar-refractivity contribution is -0.161. The molecule has 0 amide bonds. The first-order chi connectivity index (χ1) is 39.2. The topological polar surface area (TPSA) is 155 Å². The van der Waals surface area contributed by atoms with Crippen LogP contribution in [0.1, 0.15) is 303 Å². The molecule has 0 fully saturated rings. The Bertz CT molecular complexity index is 1620. The summed E-state index contributed by atoms with van der Waals surface area (Å²) in [6.45, 7) is 4.61. The molecule has 0 bridgehead atoms. The van der Waals surface area contributed by atoms with Gasteiger partial charge in [0.2, 0.25) is 0 Å². The summed E-state index contributed by atoms with van der Waals surface area (Å²) < 4.78 is 39.7. The minimum absolute atomic E-state index is 0.154. The molecule has 0 aromatic rings. The van der Waals surface area contributed by atoms with Crippen LogP contribution in [0.15, 0.2) is 72.9 Å². The maximum atomic E-state index is 13.0. The summed E-state index contributed by atoms with van der Waals surface area (Å²) in [5.74, 6) is -1.48. The van der Waals surface area contributed by atoms with E-state index in [1.165, 1.54) is 128 Å². The van der Waals surface area contributed by atoms with Gasteiger partial charge in [-0.05, 0) is 116 Å². The van der Waals surface area contributed by atoms with Crippen molar-refractivity contribution in [1.29, 1.82) is 0 Å². The van der Waals surface area contributed by atoms with Crippen LogP contribution in [0.3, 0.4) is 0 Å². The molecule has 11 nitrogen and oxygen atoms in total. The van der Waals surface area contributed by atoms with E-state index in [0.717, 1.165) is 116 Å². The zero-order chi connectivity index (χ0) is 58.3. The fraction of sp³-hybridized carbons (Fsp3) is 0.779. The minimum Gasteiger partial charge on any atom is -0.462 e. The van der Waals surface area contributed by atoms with Crippen LogP contribution in [0, 0.1) is 0 Å². The maximum Gasteiger partial charge on any atom is 0.472 e. The lowest BCUT2D eigenvalue weighted by Gasteiger charge is -2.21. The molecule has 0 aliphatic rings. The number of allylic oxidation sites excluding steroid dienone is 12. The lowest BCUT2D eigenvalue weighted by atomic mass is 10.1. The van der Waals surface area contributed by atoms with E-state index in [1.54, 1.807) is 0 Å². The molecule has 0 saturated heterocycles. The Labute approximate surface area is 490 Å². The highest BCUT2D eigenvalue weighted by atomic mass is 31.2. The number of carbonyl (C=O) groups excluding carboxylic acids is 3. The Balaban J connectivity index is 4.72. The number of phosphoric ester groups is 1. The SMILES string of the molecule is CCCCC/C=C\C/C=C\C/C=C\CCCCCCCCC(=O)OCC(COP(=O)(O)OCC(CO)OC(=O)CCCCCCCCC/C=C\CCCCCCCC)OC(=O)CCCCCCCCC/C=C\C/C=C\CCCCC. The molecule has 0 heterocycles. The van der Waals surface area contributed by atoms with Crippen molar-refractivity contribution in [2.45, 2.75) is 315 Å². The largest absolute Gasteiger partial charge is 0.472 e. The molecular weight excluding hydrogens is 1020 g/mol. The number of hydrogen-bond donors (Lipinski definition) is 2. The number of aliphatic hydroxyl groups excluding tert-OH is 1. The van der Waals surface area contributed by atoms with Crippen LogP contribution in [0.5, 0.6) is 0 Å². The van der Waals surface area contributed by atoms with Gasteiger partial charge in [0.15, 0.2) is 6.10 Å². The quantitative estimate of drug-likeness (QED) is 0.0197. The highest BCUT2D eigenvalue weighted by molar-refractivity contribution is 7.47. The van der Waals surface area contributed by atoms with E-state index in [9.17, 15) is 28.9 Å². The van der Waals surface area contributed by atoms with Gasteiger partial charge in [0, 0.05) is 19.3 Å². The number of phosphoric acid groups is 1. The number of unbranched alkanes of at least 4 members (excludes halogenated alkanes) is 32. The van der Waals surface area contributed by atoms with Gasteiger partial charge in [-0.2, -0.15) is 0 Å². The third-order valence-corrected chi connectivity index (χ3v) is 15.0. The van der Waals surface area contributed by atoms with Crippen LogP contribution in [-0.4, -0.2) is 66.5 Å². The van der Waals surface area contributed by atoms with Crippen molar-refractivity contribution >= 4 is 25.7 Å². The number of aliphatic hydroxyl groups is 1. The summed E-state index contributed by atoms with van der Waals surface area (Å²) in [5, 5.41) is 9.86. The average molecular weight is 1150 g/mol. The zero-order valence-electron chi connectivity index (χ0n) is 51.5. The number of carbonyl (C=O) groups is 3. The van der Waals surface area contributed by atoms with Crippen molar-refractivity contribution in [2.24, 2.45) is 0 Å². The van der Waals surface area contributed by atoms with E-state index in [1.807, 2.05) is 0 Å². The van der Waals surface area contributed by atoms with Crippen molar-refractivity contribution in [2.75, 3.05) is 26.4 Å². The van der Waals surface area contributed by atoms with Crippen LogP contribution < -0.4 is 0 Å². The summed E-state index contributed by atoms with van der Waals surface area (Å²) >= 11 is 0. The fourth-order valence-electron chi connectivity index (χ4n) is 9.04. The molecule has 464 valence electrons. The van der Waals surface area contributed by atoms with Gasteiger partial charge >= 0.3 is 25.7 Å². The Morgan fingerprint density at radius 3 is 0.975 bits per heavy atom. The molecule has 0 radical (unpaired) electrons. The standard InChI is InChI=1S/C68H121O11P/c1-4-7-10-13-16-19-22-25-28-31-32-35-36-39-42-45-48-51-54-57-66(70)75-61-65(79-68(72)59-56-53-50-47-44-41-38-34-30-27-24-21-18-15-12-9-6-3)63-77-80(73,74)76-62-64(60-69)78-67(71)58-55-52-49-46-43-40-37-33-29-26-23-20-17-14-11-8-5-2/h16,18-19,21,25-30,32,35,64-65,69H,4-15,17,20,22-24,31,33-34,36-63H2,1-3H3,(H,73,74)/b19-16-,21-18-,28-25-,29-26-,30-27-,35-32-. The minimum atomic E-state index is -4.76. The number of hydrogen-bond acceptors (Lipinski definition) is 10. The zero-order valence-corrected chi connectivity index (χ0v) is 52.4. The molecule has 3 unspecified atom stereocenters. The second-order valence-electron chi connectivity index (χ2n) is 21.9. The molecule has 0 aromatic carbocycles. The summed E-state index contributed by atoms with van der Waals surface area (Å²) in [6.07, 6.45) is 71.3. The van der Waals surface area contributed by atoms with E-state index in [2.05, 4.69) is 93.7 Å². The lowest BCUT2D eigenvalue weighted by Crippen LogP contribution is -2.30. The molecule has 0 spiro atoms. The van der Waals surface area contributed by atoms with Crippen molar-refractivity contribution in [3.8, 4) is 0 Å². The van der Waals surface area contributed by atoms with E-state index in [4.69, 9.17) is 23.3 Å². The van der Waals surface area contributed by atoms with Crippen LogP contribution in [0.4, 0.5) is 0 Å². The molecule has 2 N–H and O–H groups in total. The Hall–Kier alpha value is -3.08. The molecule has 0 aliphatic carbocycles. The first-order valence-electron chi connectivity index (χ1n) is 32.8. The molecule has 80 heavy (non-hydrogen) atoms. The summed E-state index contributed by atoms with van der Waals surface area (Å²) in [4.78, 5) is 48.8. The van der Waals surface area contributed by atoms with E-state index in [-0.39, 0.29) is 25.9 Å². The predicted octanol–water partition coefficient (Wildman–Crippen LogP) is 20.0. The second-order valence-corrected chi connectivity index (χ2v) is 23.4. The fourth-order valence-corrected chi connectivity index (χ4v) is 9.82. The third-order valence-electron chi connectivity index (χ3n) is 14.1. The molecule has 3 atom stereocenters. The van der Waals surface area contributed by atoms with Crippen LogP contribution >= 0.6 is 7.82 Å². The highest BCUT2D eigenvalue weighted by Gasteiger charge is 2.28. The Morgan fingerprint density at radius 2 is 0.613 bits per heavy atom. The highest BCUT2D eigenvalue weighted by Crippen LogP contribution is 2.43. The smallest absolute Gasteiger partial charge is 0.462 e. The molecule has 12 heteroatoms.